The molecule has 0 spiro atoms. The number of esters is 1. The van der Waals surface area contributed by atoms with Gasteiger partial charge in [-0.05, 0) is 30.3 Å². The zero-order valence-electron chi connectivity index (χ0n) is 17.2. The number of fused-ring (bicyclic) bond motifs is 1. The number of aryl methyl sites for hydroxylation is 1. The third kappa shape index (κ3) is 5.52. The summed E-state index contributed by atoms with van der Waals surface area (Å²) in [5.74, 6) is -0.552. The highest BCUT2D eigenvalue weighted by Crippen LogP contribution is 2.21. The van der Waals surface area contributed by atoms with Crippen LogP contribution in [-0.2, 0) is 20.7 Å². The minimum atomic E-state index is -0.388. The number of amides is 1. The summed E-state index contributed by atoms with van der Waals surface area (Å²) >= 11 is 6.06. The quantitative estimate of drug-likeness (QED) is 0.550. The molecule has 3 aromatic rings. The summed E-state index contributed by atoms with van der Waals surface area (Å²) in [5.41, 5.74) is 2.79. The number of nitrogens with zero attached hydrogens (tertiary/aromatic N) is 3. The van der Waals surface area contributed by atoms with Crippen LogP contribution >= 0.6 is 11.6 Å². The van der Waals surface area contributed by atoms with Crippen molar-refractivity contribution in [1.82, 2.24) is 9.88 Å². The maximum atomic E-state index is 12.4. The number of rotatable bonds is 6. The Labute approximate surface area is 186 Å². The Hall–Kier alpha value is -3.12. The number of pyridine rings is 1. The molecule has 0 atom stereocenters. The highest BCUT2D eigenvalue weighted by Gasteiger charge is 2.22. The molecule has 0 bridgehead atoms. The average molecular weight is 438 g/mol. The highest BCUT2D eigenvalue weighted by atomic mass is 35.5. The van der Waals surface area contributed by atoms with Gasteiger partial charge in [0.1, 0.15) is 0 Å². The number of ether oxygens (including phenoxy) is 1. The second-order valence-electron chi connectivity index (χ2n) is 7.50. The number of piperazine rings is 1. The van der Waals surface area contributed by atoms with Gasteiger partial charge in [-0.25, -0.2) is 0 Å². The normalized spacial score (nSPS) is 14.0. The van der Waals surface area contributed by atoms with E-state index in [1.807, 2.05) is 60.7 Å². The van der Waals surface area contributed by atoms with E-state index in [0.29, 0.717) is 37.6 Å². The maximum absolute atomic E-state index is 12.4. The molecule has 31 heavy (non-hydrogen) atoms. The Morgan fingerprint density at radius 2 is 1.77 bits per heavy atom. The van der Waals surface area contributed by atoms with Crippen molar-refractivity contribution in [2.24, 2.45) is 0 Å². The first-order chi connectivity index (χ1) is 15.1. The highest BCUT2D eigenvalue weighted by molar-refractivity contribution is 6.30. The van der Waals surface area contributed by atoms with Crippen LogP contribution in [0.3, 0.4) is 0 Å². The fraction of sp³-hybridized carbons (Fsp3) is 0.292. The van der Waals surface area contributed by atoms with Crippen molar-refractivity contribution in [3.63, 3.8) is 0 Å². The van der Waals surface area contributed by atoms with E-state index in [4.69, 9.17) is 16.3 Å². The van der Waals surface area contributed by atoms with Gasteiger partial charge in [-0.1, -0.05) is 41.9 Å². The molecule has 0 saturated carbocycles. The van der Waals surface area contributed by atoms with Gasteiger partial charge in [0.15, 0.2) is 6.61 Å². The molecule has 1 aromatic heterocycles. The first kappa shape index (κ1) is 21.1. The number of carbonyl (C=O) groups is 2. The van der Waals surface area contributed by atoms with Gasteiger partial charge in [0, 0.05) is 54.4 Å². The van der Waals surface area contributed by atoms with Crippen molar-refractivity contribution in [2.75, 3.05) is 37.7 Å². The van der Waals surface area contributed by atoms with E-state index in [0.717, 1.165) is 22.3 Å². The van der Waals surface area contributed by atoms with Crippen LogP contribution in [0.15, 0.2) is 60.7 Å². The molecule has 0 aliphatic carbocycles. The van der Waals surface area contributed by atoms with Gasteiger partial charge in [-0.3, -0.25) is 14.6 Å². The monoisotopic (exact) mass is 437 g/mol. The Morgan fingerprint density at radius 1 is 0.968 bits per heavy atom. The minimum Gasteiger partial charge on any atom is -0.456 e. The number of halogens is 1. The van der Waals surface area contributed by atoms with Crippen LogP contribution in [0, 0.1) is 0 Å². The molecule has 0 radical (unpaired) electrons. The summed E-state index contributed by atoms with van der Waals surface area (Å²) < 4.78 is 5.20. The summed E-state index contributed by atoms with van der Waals surface area (Å²) in [7, 11) is 0. The Kier molecular flexibility index (Phi) is 6.67. The Balaban J connectivity index is 1.20. The molecule has 160 valence electrons. The number of benzene rings is 2. The lowest BCUT2D eigenvalue weighted by atomic mass is 10.1. The fourth-order valence-electron chi connectivity index (χ4n) is 3.67. The first-order valence-corrected chi connectivity index (χ1v) is 10.7. The van der Waals surface area contributed by atoms with Crippen molar-refractivity contribution < 1.29 is 14.3 Å². The van der Waals surface area contributed by atoms with Gasteiger partial charge >= 0.3 is 5.97 Å². The molecule has 7 heteroatoms. The zero-order chi connectivity index (χ0) is 21.6. The molecule has 1 amide bonds. The first-order valence-electron chi connectivity index (χ1n) is 10.4. The van der Waals surface area contributed by atoms with E-state index < -0.39 is 0 Å². The fourth-order valence-corrected chi connectivity index (χ4v) is 3.85. The zero-order valence-corrected chi connectivity index (χ0v) is 17.9. The van der Waals surface area contributed by atoms with Crippen LogP contribution in [-0.4, -0.2) is 54.5 Å². The molecular weight excluding hydrogens is 414 g/mol. The summed E-state index contributed by atoms with van der Waals surface area (Å²) in [6.07, 6.45) is 0.678. The summed E-state index contributed by atoms with van der Waals surface area (Å²) in [6.45, 7) is 2.39. The van der Waals surface area contributed by atoms with Crippen molar-refractivity contribution in [2.45, 2.75) is 12.8 Å². The van der Waals surface area contributed by atoms with Crippen LogP contribution in [0.5, 0.6) is 0 Å². The molecule has 4 rings (SSSR count). The lowest BCUT2D eigenvalue weighted by molar-refractivity contribution is -0.152. The molecule has 2 aromatic carbocycles. The average Bonchev–Trinajstić information content (AvgIpc) is 2.81. The molecule has 0 N–H and O–H groups in total. The smallest absolute Gasteiger partial charge is 0.306 e. The van der Waals surface area contributed by atoms with Gasteiger partial charge < -0.3 is 14.5 Å². The van der Waals surface area contributed by atoms with E-state index in [1.165, 1.54) is 0 Å². The molecule has 1 fully saturated rings. The molecule has 2 heterocycles. The number of carbonyl (C=O) groups excluding carboxylic acids is 2. The molecule has 1 aliphatic rings. The van der Waals surface area contributed by atoms with Crippen LogP contribution < -0.4 is 4.90 Å². The number of hydrogen-bond acceptors (Lipinski definition) is 5. The van der Waals surface area contributed by atoms with Crippen molar-refractivity contribution in [3.8, 4) is 0 Å². The van der Waals surface area contributed by atoms with Crippen LogP contribution in [0.1, 0.15) is 12.1 Å². The predicted octanol–water partition coefficient (Wildman–Crippen LogP) is 3.71. The topological polar surface area (TPSA) is 62.7 Å². The molecular formula is C24H24ClN3O3. The van der Waals surface area contributed by atoms with Gasteiger partial charge in [0.05, 0.1) is 11.9 Å². The van der Waals surface area contributed by atoms with E-state index in [1.54, 1.807) is 4.90 Å². The van der Waals surface area contributed by atoms with Gasteiger partial charge in [0.25, 0.3) is 5.91 Å². The third-order valence-corrected chi connectivity index (χ3v) is 5.64. The van der Waals surface area contributed by atoms with Crippen LogP contribution in [0.2, 0.25) is 5.02 Å². The second-order valence-corrected chi connectivity index (χ2v) is 7.94. The van der Waals surface area contributed by atoms with Crippen molar-refractivity contribution in [3.05, 3.63) is 71.4 Å². The van der Waals surface area contributed by atoms with E-state index in [9.17, 15) is 9.59 Å². The summed E-state index contributed by atoms with van der Waals surface area (Å²) in [6, 6.07) is 19.5. The lowest BCUT2D eigenvalue weighted by Gasteiger charge is -2.36. The Morgan fingerprint density at radius 3 is 2.58 bits per heavy atom. The van der Waals surface area contributed by atoms with E-state index in [-0.39, 0.29) is 24.9 Å². The minimum absolute atomic E-state index is 0.164. The largest absolute Gasteiger partial charge is 0.456 e. The van der Waals surface area contributed by atoms with E-state index in [2.05, 4.69) is 9.88 Å². The molecule has 6 nitrogen and oxygen atoms in total. The SMILES string of the molecule is O=C(CCc1ccc2ccccc2n1)OCC(=O)N1CCN(c2cccc(Cl)c2)CC1. The summed E-state index contributed by atoms with van der Waals surface area (Å²) in [5, 5.41) is 1.76. The number of aromatic nitrogens is 1. The van der Waals surface area contributed by atoms with Gasteiger partial charge in [-0.15, -0.1) is 0 Å². The number of anilines is 1. The van der Waals surface area contributed by atoms with Crippen LogP contribution in [0.4, 0.5) is 5.69 Å². The second kappa shape index (κ2) is 9.79. The molecule has 0 unspecified atom stereocenters. The predicted molar refractivity (Wildman–Crippen MR) is 121 cm³/mol. The van der Waals surface area contributed by atoms with Gasteiger partial charge in [-0.2, -0.15) is 0 Å². The lowest BCUT2D eigenvalue weighted by Crippen LogP contribution is -2.49. The Bertz CT molecular complexity index is 1080. The van der Waals surface area contributed by atoms with Crippen molar-refractivity contribution >= 4 is 40.1 Å². The maximum Gasteiger partial charge on any atom is 0.306 e. The van der Waals surface area contributed by atoms with Crippen molar-refractivity contribution in [1.29, 1.82) is 0 Å². The summed E-state index contributed by atoms with van der Waals surface area (Å²) in [4.78, 5) is 33.0. The van der Waals surface area contributed by atoms with Crippen LogP contribution in [0.25, 0.3) is 10.9 Å². The van der Waals surface area contributed by atoms with E-state index >= 15 is 0 Å². The third-order valence-electron chi connectivity index (χ3n) is 5.40. The number of hydrogen-bond donors (Lipinski definition) is 0. The van der Waals surface area contributed by atoms with Gasteiger partial charge in [0.2, 0.25) is 0 Å². The number of para-hydroxylation sites is 1. The molecule has 1 aliphatic heterocycles. The standard InChI is InChI=1S/C24H24ClN3O3/c25-19-5-3-6-21(16-19)27-12-14-28(15-13-27)23(29)17-31-24(30)11-10-20-9-8-18-4-1-2-7-22(18)26-20/h1-9,16H,10-15,17H2. The molecule has 1 saturated heterocycles.